The topological polar surface area (TPSA) is 55.3 Å². The van der Waals surface area contributed by atoms with E-state index in [0.29, 0.717) is 0 Å². The van der Waals surface area contributed by atoms with Crippen molar-refractivity contribution in [2.75, 3.05) is 13.1 Å². The van der Waals surface area contributed by atoms with Crippen LogP contribution in [0.5, 0.6) is 0 Å². The molecular weight excluding hydrogens is 138 g/mol. The first-order valence-corrected chi connectivity index (χ1v) is 4.49. The van der Waals surface area contributed by atoms with Gasteiger partial charge in [0, 0.05) is 13.1 Å². The van der Waals surface area contributed by atoms with Crippen molar-refractivity contribution < 1.29 is 0 Å². The molecule has 0 aromatic rings. The van der Waals surface area contributed by atoms with Crippen molar-refractivity contribution in [1.82, 2.24) is 4.90 Å². The van der Waals surface area contributed by atoms with Gasteiger partial charge in [-0.25, -0.2) is 0 Å². The Hall–Kier alpha value is -0.120. The second-order valence-electron chi connectivity index (χ2n) is 3.39. The Balaban J connectivity index is 2.43. The molecule has 0 amide bonds. The summed E-state index contributed by atoms with van der Waals surface area (Å²) in [6.45, 7) is 4.18. The summed E-state index contributed by atoms with van der Waals surface area (Å²) in [6, 6.07) is 0. The van der Waals surface area contributed by atoms with Gasteiger partial charge in [0.25, 0.3) is 0 Å². The standard InChI is InChI=1S/C8H19N3/c1-2-8(9,10)11-6-4-3-5-7-11/h2-7,9-10H2,1H3. The van der Waals surface area contributed by atoms with E-state index in [9.17, 15) is 0 Å². The maximum atomic E-state index is 5.89. The molecule has 11 heavy (non-hydrogen) atoms. The summed E-state index contributed by atoms with van der Waals surface area (Å²) in [5, 5.41) is 0. The first-order valence-electron chi connectivity index (χ1n) is 4.49. The van der Waals surface area contributed by atoms with Gasteiger partial charge in [0.15, 0.2) is 0 Å². The lowest BCUT2D eigenvalue weighted by molar-refractivity contribution is 0.0720. The Morgan fingerprint density at radius 1 is 1.18 bits per heavy atom. The van der Waals surface area contributed by atoms with Crippen molar-refractivity contribution in [1.29, 1.82) is 0 Å². The van der Waals surface area contributed by atoms with Gasteiger partial charge in [0.05, 0.1) is 0 Å². The maximum absolute atomic E-state index is 5.89. The van der Waals surface area contributed by atoms with Gasteiger partial charge in [0.1, 0.15) is 5.79 Å². The van der Waals surface area contributed by atoms with Crippen LogP contribution < -0.4 is 11.5 Å². The molecule has 1 aliphatic heterocycles. The van der Waals surface area contributed by atoms with Gasteiger partial charge >= 0.3 is 0 Å². The van der Waals surface area contributed by atoms with E-state index in [1.54, 1.807) is 0 Å². The minimum Gasteiger partial charge on any atom is -0.301 e. The predicted molar refractivity (Wildman–Crippen MR) is 46.8 cm³/mol. The minimum absolute atomic E-state index is 0.555. The average Bonchev–Trinajstić information content (AvgIpc) is 2.06. The zero-order valence-electron chi connectivity index (χ0n) is 7.34. The van der Waals surface area contributed by atoms with Crippen molar-refractivity contribution in [2.45, 2.75) is 38.4 Å². The molecule has 1 aliphatic rings. The Morgan fingerprint density at radius 3 is 2.18 bits per heavy atom. The molecule has 0 unspecified atom stereocenters. The number of nitrogens with two attached hydrogens (primary N) is 2. The molecule has 0 saturated carbocycles. The van der Waals surface area contributed by atoms with Crippen molar-refractivity contribution in [3.63, 3.8) is 0 Å². The lowest BCUT2D eigenvalue weighted by Gasteiger charge is -2.39. The molecule has 4 N–H and O–H groups in total. The second kappa shape index (κ2) is 3.52. The quantitative estimate of drug-likeness (QED) is 0.572. The van der Waals surface area contributed by atoms with Crippen LogP contribution in [0.2, 0.25) is 0 Å². The number of likely N-dealkylation sites (tertiary alicyclic amines) is 1. The van der Waals surface area contributed by atoms with E-state index in [0.717, 1.165) is 19.5 Å². The summed E-state index contributed by atoms with van der Waals surface area (Å²) in [4.78, 5) is 2.19. The van der Waals surface area contributed by atoms with Gasteiger partial charge in [-0.3, -0.25) is 4.90 Å². The van der Waals surface area contributed by atoms with Crippen LogP contribution in [0.3, 0.4) is 0 Å². The Morgan fingerprint density at radius 2 is 1.73 bits per heavy atom. The average molecular weight is 157 g/mol. The number of hydrogen-bond donors (Lipinski definition) is 2. The highest BCUT2D eigenvalue weighted by atomic mass is 15.3. The summed E-state index contributed by atoms with van der Waals surface area (Å²) in [5.41, 5.74) is 11.8. The van der Waals surface area contributed by atoms with Crippen LogP contribution >= 0.6 is 0 Å². The second-order valence-corrected chi connectivity index (χ2v) is 3.39. The van der Waals surface area contributed by atoms with E-state index in [2.05, 4.69) is 4.90 Å². The van der Waals surface area contributed by atoms with Crippen LogP contribution in [0.15, 0.2) is 0 Å². The summed E-state index contributed by atoms with van der Waals surface area (Å²) in [6.07, 6.45) is 4.65. The number of nitrogens with zero attached hydrogens (tertiary/aromatic N) is 1. The van der Waals surface area contributed by atoms with Crippen LogP contribution in [-0.2, 0) is 0 Å². The minimum atomic E-state index is -0.555. The van der Waals surface area contributed by atoms with Gasteiger partial charge in [-0.15, -0.1) is 0 Å². The lowest BCUT2D eigenvalue weighted by atomic mass is 10.1. The van der Waals surface area contributed by atoms with Gasteiger partial charge < -0.3 is 11.5 Å². The van der Waals surface area contributed by atoms with Gasteiger partial charge in [-0.1, -0.05) is 13.3 Å². The van der Waals surface area contributed by atoms with Gasteiger partial charge in [-0.2, -0.15) is 0 Å². The first-order chi connectivity index (χ1) is 5.17. The van der Waals surface area contributed by atoms with Gasteiger partial charge in [0.2, 0.25) is 0 Å². The largest absolute Gasteiger partial charge is 0.301 e. The predicted octanol–water partition coefficient (Wildman–Crippen LogP) is 0.453. The smallest absolute Gasteiger partial charge is 0.120 e. The fourth-order valence-electron chi connectivity index (χ4n) is 1.53. The normalized spacial score (nSPS) is 22.1. The molecule has 0 bridgehead atoms. The molecular formula is C8H19N3. The summed E-state index contributed by atoms with van der Waals surface area (Å²) in [5.74, 6) is -0.555. The fourth-order valence-corrected chi connectivity index (χ4v) is 1.53. The highest BCUT2D eigenvalue weighted by molar-refractivity contribution is 4.78. The van der Waals surface area contributed by atoms with Crippen molar-refractivity contribution >= 4 is 0 Å². The highest BCUT2D eigenvalue weighted by Gasteiger charge is 2.26. The molecule has 0 radical (unpaired) electrons. The van der Waals surface area contributed by atoms with E-state index >= 15 is 0 Å². The molecule has 1 fully saturated rings. The molecule has 3 heteroatoms. The summed E-state index contributed by atoms with van der Waals surface area (Å²) in [7, 11) is 0. The van der Waals surface area contributed by atoms with Crippen molar-refractivity contribution in [3.8, 4) is 0 Å². The van der Waals surface area contributed by atoms with Crippen LogP contribution in [-0.4, -0.2) is 23.8 Å². The number of rotatable bonds is 2. The highest BCUT2D eigenvalue weighted by Crippen LogP contribution is 2.15. The molecule has 66 valence electrons. The Labute approximate surface area is 68.7 Å². The van der Waals surface area contributed by atoms with Crippen molar-refractivity contribution in [3.05, 3.63) is 0 Å². The number of piperidine rings is 1. The third kappa shape index (κ3) is 2.15. The van der Waals surface area contributed by atoms with E-state index in [1.165, 1.54) is 19.3 Å². The number of hydrogen-bond acceptors (Lipinski definition) is 3. The molecule has 0 spiro atoms. The third-order valence-electron chi connectivity index (χ3n) is 2.51. The molecule has 1 rings (SSSR count). The van der Waals surface area contributed by atoms with E-state index in [-0.39, 0.29) is 0 Å². The molecule has 0 atom stereocenters. The zero-order chi connectivity index (χ0) is 8.32. The maximum Gasteiger partial charge on any atom is 0.120 e. The summed E-state index contributed by atoms with van der Waals surface area (Å²) >= 11 is 0. The van der Waals surface area contributed by atoms with Crippen LogP contribution in [0.4, 0.5) is 0 Å². The van der Waals surface area contributed by atoms with E-state index in [1.807, 2.05) is 6.92 Å². The zero-order valence-corrected chi connectivity index (χ0v) is 7.34. The van der Waals surface area contributed by atoms with Crippen LogP contribution in [0, 0.1) is 0 Å². The molecule has 3 nitrogen and oxygen atoms in total. The fraction of sp³-hybridized carbons (Fsp3) is 1.00. The van der Waals surface area contributed by atoms with Crippen molar-refractivity contribution in [2.24, 2.45) is 11.5 Å². The molecule has 0 aromatic carbocycles. The molecule has 0 aliphatic carbocycles. The lowest BCUT2D eigenvalue weighted by Crippen LogP contribution is -2.63. The SMILES string of the molecule is CCC(N)(N)N1CCCCC1. The van der Waals surface area contributed by atoms with Crippen LogP contribution in [0.1, 0.15) is 32.6 Å². The monoisotopic (exact) mass is 157 g/mol. The third-order valence-corrected chi connectivity index (χ3v) is 2.51. The Kier molecular flexibility index (Phi) is 2.87. The Bertz CT molecular complexity index is 117. The van der Waals surface area contributed by atoms with Gasteiger partial charge in [-0.05, 0) is 19.3 Å². The first kappa shape index (κ1) is 8.97. The van der Waals surface area contributed by atoms with Crippen LogP contribution in [0.25, 0.3) is 0 Å². The molecule has 0 aromatic heterocycles. The molecule has 1 heterocycles. The van der Waals surface area contributed by atoms with E-state index in [4.69, 9.17) is 11.5 Å². The van der Waals surface area contributed by atoms with E-state index < -0.39 is 5.79 Å². The molecule has 1 saturated heterocycles. The summed E-state index contributed by atoms with van der Waals surface area (Å²) < 4.78 is 0.